The molecule has 2 aromatic carbocycles. The number of sulfonamides is 1. The Labute approximate surface area is 213 Å². The van der Waals surface area contributed by atoms with E-state index in [0.717, 1.165) is 33.5 Å². The Hall–Kier alpha value is -3.23. The lowest BCUT2D eigenvalue weighted by Crippen LogP contribution is -2.44. The number of carbonyl (C=O) groups is 1. The van der Waals surface area contributed by atoms with E-state index in [0.29, 0.717) is 25.1 Å². The van der Waals surface area contributed by atoms with E-state index in [9.17, 15) is 13.2 Å². The Morgan fingerprint density at radius 3 is 2.47 bits per heavy atom. The van der Waals surface area contributed by atoms with Gasteiger partial charge in [-0.2, -0.15) is 4.31 Å². The molecular formula is C28H33N3O4S. The molecule has 3 aromatic rings. The number of nitrogens with one attached hydrogen (secondary N) is 1. The molecule has 1 atom stereocenters. The number of piperidine rings is 1. The van der Waals surface area contributed by atoms with Crippen molar-refractivity contribution in [3.05, 3.63) is 75.7 Å². The summed E-state index contributed by atoms with van der Waals surface area (Å²) in [6.07, 6.45) is 4.73. The molecule has 0 radical (unpaired) electrons. The Bertz CT molecular complexity index is 1420. The van der Waals surface area contributed by atoms with Crippen LogP contribution in [0.15, 0.2) is 45.8 Å². The number of benzene rings is 2. The van der Waals surface area contributed by atoms with E-state index in [4.69, 9.17) is 4.52 Å². The molecule has 1 aliphatic heterocycles. The van der Waals surface area contributed by atoms with Gasteiger partial charge in [-0.1, -0.05) is 47.1 Å². The van der Waals surface area contributed by atoms with Crippen LogP contribution in [0.5, 0.6) is 0 Å². The molecule has 36 heavy (non-hydrogen) atoms. The maximum atomic E-state index is 13.7. The second-order valence-corrected chi connectivity index (χ2v) is 11.5. The maximum absolute atomic E-state index is 13.7. The van der Waals surface area contributed by atoms with Gasteiger partial charge in [-0.15, -0.1) is 0 Å². The van der Waals surface area contributed by atoms with Crippen molar-refractivity contribution in [2.24, 2.45) is 5.92 Å². The average molecular weight is 508 g/mol. The van der Waals surface area contributed by atoms with E-state index in [1.807, 2.05) is 70.2 Å². The first-order chi connectivity index (χ1) is 17.1. The van der Waals surface area contributed by atoms with Crippen molar-refractivity contribution in [1.29, 1.82) is 0 Å². The van der Waals surface area contributed by atoms with Crippen molar-refractivity contribution in [1.82, 2.24) is 9.46 Å². The zero-order valence-electron chi connectivity index (χ0n) is 21.5. The Morgan fingerprint density at radius 1 is 1.03 bits per heavy atom. The number of nitrogens with zero attached hydrogens (tertiary/aromatic N) is 2. The SMILES string of the molecule is Cc1ccc(C)c(/C=C/c2onc(C)c2S(=O)(=O)N2CCCC(C(=O)Nc3cc(C)ccc3C)C2)c1. The summed E-state index contributed by atoms with van der Waals surface area (Å²) < 4.78 is 34.2. The summed E-state index contributed by atoms with van der Waals surface area (Å²) in [6.45, 7) is 10.0. The number of aromatic nitrogens is 1. The van der Waals surface area contributed by atoms with Gasteiger partial charge in [-0.3, -0.25) is 4.79 Å². The van der Waals surface area contributed by atoms with E-state index < -0.39 is 15.9 Å². The lowest BCUT2D eigenvalue weighted by molar-refractivity contribution is -0.120. The number of anilines is 1. The van der Waals surface area contributed by atoms with Crippen LogP contribution in [0.4, 0.5) is 5.69 Å². The molecule has 0 spiro atoms. The third kappa shape index (κ3) is 5.44. The van der Waals surface area contributed by atoms with Crippen LogP contribution < -0.4 is 5.32 Å². The molecule has 1 fully saturated rings. The van der Waals surface area contributed by atoms with Crippen molar-refractivity contribution >= 4 is 33.8 Å². The Morgan fingerprint density at radius 2 is 1.72 bits per heavy atom. The zero-order valence-corrected chi connectivity index (χ0v) is 22.3. The smallest absolute Gasteiger partial charge is 0.248 e. The van der Waals surface area contributed by atoms with Crippen molar-refractivity contribution in [3.63, 3.8) is 0 Å². The topological polar surface area (TPSA) is 92.5 Å². The Kier molecular flexibility index (Phi) is 7.47. The Balaban J connectivity index is 1.56. The highest BCUT2D eigenvalue weighted by Gasteiger charge is 2.37. The summed E-state index contributed by atoms with van der Waals surface area (Å²) >= 11 is 0. The first-order valence-corrected chi connectivity index (χ1v) is 13.6. The summed E-state index contributed by atoms with van der Waals surface area (Å²) in [6, 6.07) is 12.0. The summed E-state index contributed by atoms with van der Waals surface area (Å²) in [7, 11) is -3.91. The predicted octanol–water partition coefficient (Wildman–Crippen LogP) is 5.43. The van der Waals surface area contributed by atoms with Gasteiger partial charge in [0.2, 0.25) is 15.9 Å². The normalized spacial score (nSPS) is 17.0. The molecule has 1 aromatic heterocycles. The highest BCUT2D eigenvalue weighted by molar-refractivity contribution is 7.89. The zero-order chi connectivity index (χ0) is 26.0. The van der Waals surface area contributed by atoms with Gasteiger partial charge in [-0.05, 0) is 81.9 Å². The standard InChI is InChI=1S/C28H33N3O4S/c1-18-8-10-20(3)23(15-18)12-13-26-27(22(5)30-35-26)36(33,34)31-14-6-7-24(17-31)28(32)29-25-16-19(2)9-11-21(25)4/h8-13,15-16,24H,6-7,14,17H2,1-5H3,(H,29,32)/b13-12+. The van der Waals surface area contributed by atoms with Crippen LogP contribution in [0.25, 0.3) is 12.2 Å². The van der Waals surface area contributed by atoms with Gasteiger partial charge in [0.25, 0.3) is 0 Å². The van der Waals surface area contributed by atoms with E-state index in [2.05, 4.69) is 10.5 Å². The van der Waals surface area contributed by atoms with Gasteiger partial charge in [0.15, 0.2) is 10.7 Å². The van der Waals surface area contributed by atoms with Crippen molar-refractivity contribution < 1.29 is 17.7 Å². The summed E-state index contributed by atoms with van der Waals surface area (Å²) in [4.78, 5) is 13.1. The molecule has 190 valence electrons. The van der Waals surface area contributed by atoms with E-state index >= 15 is 0 Å². The second kappa shape index (κ2) is 10.4. The van der Waals surface area contributed by atoms with E-state index in [-0.39, 0.29) is 23.1 Å². The van der Waals surface area contributed by atoms with Crippen LogP contribution in [0.1, 0.15) is 52.1 Å². The second-order valence-electron chi connectivity index (χ2n) is 9.66. The molecule has 1 unspecified atom stereocenters. The number of amides is 1. The third-order valence-corrected chi connectivity index (χ3v) is 8.71. The quantitative estimate of drug-likeness (QED) is 0.481. The van der Waals surface area contributed by atoms with Crippen LogP contribution in [-0.4, -0.2) is 36.9 Å². The van der Waals surface area contributed by atoms with Crippen LogP contribution in [0, 0.1) is 40.5 Å². The fourth-order valence-corrected chi connectivity index (χ4v) is 6.29. The first-order valence-electron chi connectivity index (χ1n) is 12.2. The largest absolute Gasteiger partial charge is 0.355 e. The highest BCUT2D eigenvalue weighted by atomic mass is 32.2. The lowest BCUT2D eigenvalue weighted by Gasteiger charge is -2.31. The molecule has 0 bridgehead atoms. The van der Waals surface area contributed by atoms with Gasteiger partial charge >= 0.3 is 0 Å². The van der Waals surface area contributed by atoms with Crippen LogP contribution in [0.2, 0.25) is 0 Å². The minimum absolute atomic E-state index is 0.0552. The first kappa shape index (κ1) is 25.9. The van der Waals surface area contributed by atoms with Crippen LogP contribution in [0.3, 0.4) is 0 Å². The molecule has 4 rings (SSSR count). The molecule has 1 saturated heterocycles. The average Bonchev–Trinajstić information content (AvgIpc) is 3.23. The molecule has 0 aliphatic carbocycles. The minimum atomic E-state index is -3.91. The molecule has 1 N–H and O–H groups in total. The lowest BCUT2D eigenvalue weighted by atomic mass is 9.98. The molecule has 1 aliphatic rings. The fraction of sp³-hybridized carbons (Fsp3) is 0.357. The molecule has 7 nitrogen and oxygen atoms in total. The molecule has 2 heterocycles. The van der Waals surface area contributed by atoms with Crippen molar-refractivity contribution in [3.8, 4) is 0 Å². The monoisotopic (exact) mass is 507 g/mol. The number of carbonyl (C=O) groups excluding carboxylic acids is 1. The van der Waals surface area contributed by atoms with Crippen molar-refractivity contribution in [2.45, 2.75) is 52.4 Å². The highest BCUT2D eigenvalue weighted by Crippen LogP contribution is 2.30. The minimum Gasteiger partial charge on any atom is -0.355 e. The molecular weight excluding hydrogens is 474 g/mol. The van der Waals surface area contributed by atoms with Gasteiger partial charge in [-0.25, -0.2) is 8.42 Å². The molecule has 8 heteroatoms. The summed E-state index contributed by atoms with van der Waals surface area (Å²) in [5.41, 5.74) is 6.24. The predicted molar refractivity (Wildman–Crippen MR) is 142 cm³/mol. The van der Waals surface area contributed by atoms with Crippen LogP contribution >= 0.6 is 0 Å². The number of hydrogen-bond donors (Lipinski definition) is 1. The summed E-state index contributed by atoms with van der Waals surface area (Å²) in [5.74, 6) is -0.418. The maximum Gasteiger partial charge on any atom is 0.248 e. The van der Waals surface area contributed by atoms with E-state index in [1.165, 1.54) is 4.31 Å². The van der Waals surface area contributed by atoms with Crippen molar-refractivity contribution in [2.75, 3.05) is 18.4 Å². The number of hydrogen-bond acceptors (Lipinski definition) is 5. The molecule has 1 amide bonds. The van der Waals surface area contributed by atoms with E-state index in [1.54, 1.807) is 13.0 Å². The van der Waals surface area contributed by atoms with Gasteiger partial charge in [0.05, 0.1) is 5.92 Å². The van der Waals surface area contributed by atoms with Gasteiger partial charge < -0.3 is 9.84 Å². The van der Waals surface area contributed by atoms with Gasteiger partial charge in [0, 0.05) is 18.8 Å². The van der Waals surface area contributed by atoms with Gasteiger partial charge in [0.1, 0.15) is 5.69 Å². The summed E-state index contributed by atoms with van der Waals surface area (Å²) in [5, 5.41) is 6.94. The third-order valence-electron chi connectivity index (χ3n) is 6.69. The molecule has 0 saturated carbocycles. The van der Waals surface area contributed by atoms with Crippen LogP contribution in [-0.2, 0) is 14.8 Å². The number of rotatable bonds is 6. The number of aryl methyl sites for hydroxylation is 5. The fourth-order valence-electron chi connectivity index (χ4n) is 4.51.